The molecule has 0 fully saturated rings. The van der Waals surface area contributed by atoms with Gasteiger partial charge in [-0.25, -0.2) is 4.98 Å². The van der Waals surface area contributed by atoms with Gasteiger partial charge in [-0.2, -0.15) is 0 Å². The average molecular weight is 286 g/mol. The zero-order chi connectivity index (χ0) is 14.8. The van der Waals surface area contributed by atoms with Crippen molar-refractivity contribution < 1.29 is 4.79 Å². The van der Waals surface area contributed by atoms with Gasteiger partial charge >= 0.3 is 0 Å². The number of carbonyl (C=O) groups excluding carboxylic acids is 1. The molecule has 110 valence electrons. The van der Waals surface area contributed by atoms with Crippen LogP contribution in [0, 0.1) is 0 Å². The molecule has 3 rings (SSSR count). The van der Waals surface area contributed by atoms with Crippen molar-refractivity contribution in [2.24, 2.45) is 0 Å². The average Bonchev–Trinajstić information content (AvgIpc) is 2.94. The lowest BCUT2D eigenvalue weighted by molar-refractivity contribution is -0.115. The first-order valence-corrected chi connectivity index (χ1v) is 7.23. The van der Waals surface area contributed by atoms with Gasteiger partial charge in [-0.05, 0) is 31.2 Å². The fourth-order valence-electron chi connectivity index (χ4n) is 2.61. The van der Waals surface area contributed by atoms with Crippen molar-refractivity contribution in [3.63, 3.8) is 0 Å². The normalized spacial score (nSPS) is 13.4. The molecule has 21 heavy (non-hydrogen) atoms. The van der Waals surface area contributed by atoms with Gasteiger partial charge in [-0.3, -0.25) is 14.2 Å². The Kier molecular flexibility index (Phi) is 3.70. The van der Waals surface area contributed by atoms with Gasteiger partial charge in [0, 0.05) is 18.7 Å². The first kappa shape index (κ1) is 13.8. The Morgan fingerprint density at radius 3 is 3.10 bits per heavy atom. The van der Waals surface area contributed by atoms with E-state index in [9.17, 15) is 9.59 Å². The molecule has 0 bridgehead atoms. The van der Waals surface area contributed by atoms with E-state index in [1.807, 2.05) is 6.92 Å². The highest BCUT2D eigenvalue weighted by Crippen LogP contribution is 2.18. The SMILES string of the molecule is CCNCC(=O)Nc1ccc2nc3n(c(=O)c2c1)CCC3. The Morgan fingerprint density at radius 2 is 2.29 bits per heavy atom. The molecule has 2 N–H and O–H groups in total. The van der Waals surface area contributed by atoms with Gasteiger partial charge < -0.3 is 10.6 Å². The molecule has 1 aliphatic rings. The van der Waals surface area contributed by atoms with Crippen LogP contribution in [0.1, 0.15) is 19.2 Å². The van der Waals surface area contributed by atoms with Crippen LogP contribution in [0.3, 0.4) is 0 Å². The minimum atomic E-state index is -0.120. The van der Waals surface area contributed by atoms with Crippen LogP contribution < -0.4 is 16.2 Å². The summed E-state index contributed by atoms with van der Waals surface area (Å²) in [5.41, 5.74) is 1.30. The molecule has 1 aliphatic heterocycles. The maximum Gasteiger partial charge on any atom is 0.261 e. The van der Waals surface area contributed by atoms with Crippen molar-refractivity contribution in [3.05, 3.63) is 34.4 Å². The number of aromatic nitrogens is 2. The summed E-state index contributed by atoms with van der Waals surface area (Å²) in [7, 11) is 0. The monoisotopic (exact) mass is 286 g/mol. The molecule has 0 atom stereocenters. The number of rotatable bonds is 4. The number of likely N-dealkylation sites (N-methyl/N-ethyl adjacent to an activating group) is 1. The van der Waals surface area contributed by atoms with Crippen molar-refractivity contribution in [2.75, 3.05) is 18.4 Å². The van der Waals surface area contributed by atoms with E-state index in [0.29, 0.717) is 16.6 Å². The largest absolute Gasteiger partial charge is 0.325 e. The molecule has 0 radical (unpaired) electrons. The van der Waals surface area contributed by atoms with E-state index in [4.69, 9.17) is 0 Å². The molecule has 1 aromatic carbocycles. The van der Waals surface area contributed by atoms with Crippen LogP contribution in [0.5, 0.6) is 0 Å². The summed E-state index contributed by atoms with van der Waals surface area (Å²) in [6.45, 7) is 3.67. The predicted octanol–water partition coefficient (Wildman–Crippen LogP) is 0.891. The molecular formula is C15H18N4O2. The van der Waals surface area contributed by atoms with Gasteiger partial charge in [0.25, 0.3) is 5.56 Å². The second kappa shape index (κ2) is 5.65. The summed E-state index contributed by atoms with van der Waals surface area (Å²) in [5.74, 6) is 0.738. The van der Waals surface area contributed by atoms with E-state index in [1.54, 1.807) is 22.8 Å². The molecule has 6 nitrogen and oxygen atoms in total. The minimum absolute atomic E-state index is 0.0183. The number of benzene rings is 1. The molecule has 0 spiro atoms. The Hall–Kier alpha value is -2.21. The molecular weight excluding hydrogens is 268 g/mol. The molecule has 0 aliphatic carbocycles. The number of nitrogens with one attached hydrogen (secondary N) is 2. The van der Waals surface area contributed by atoms with Crippen molar-refractivity contribution >= 4 is 22.5 Å². The minimum Gasteiger partial charge on any atom is -0.325 e. The number of hydrogen-bond donors (Lipinski definition) is 2. The first-order valence-electron chi connectivity index (χ1n) is 7.23. The van der Waals surface area contributed by atoms with Gasteiger partial charge in [0.05, 0.1) is 17.4 Å². The zero-order valence-corrected chi connectivity index (χ0v) is 12.0. The summed E-state index contributed by atoms with van der Waals surface area (Å²) < 4.78 is 1.73. The Morgan fingerprint density at radius 1 is 1.43 bits per heavy atom. The van der Waals surface area contributed by atoms with Crippen LogP contribution in [-0.2, 0) is 17.8 Å². The van der Waals surface area contributed by atoms with Crippen LogP contribution in [0.2, 0.25) is 0 Å². The van der Waals surface area contributed by atoms with E-state index in [1.165, 1.54) is 0 Å². The van der Waals surface area contributed by atoms with Crippen LogP contribution in [-0.4, -0.2) is 28.5 Å². The van der Waals surface area contributed by atoms with Gasteiger partial charge in [0.15, 0.2) is 0 Å². The second-order valence-electron chi connectivity index (χ2n) is 5.15. The molecule has 2 heterocycles. The smallest absolute Gasteiger partial charge is 0.261 e. The van der Waals surface area contributed by atoms with E-state index in [2.05, 4.69) is 15.6 Å². The van der Waals surface area contributed by atoms with Gasteiger partial charge in [0.2, 0.25) is 5.91 Å². The third-order valence-corrected chi connectivity index (χ3v) is 3.63. The summed E-state index contributed by atoms with van der Waals surface area (Å²) in [6.07, 6.45) is 1.82. The molecule has 1 aromatic heterocycles. The highest BCUT2D eigenvalue weighted by Gasteiger charge is 2.16. The molecule has 2 aromatic rings. The molecule has 0 unspecified atom stereocenters. The lowest BCUT2D eigenvalue weighted by Crippen LogP contribution is -2.28. The molecule has 0 saturated carbocycles. The van der Waals surface area contributed by atoms with Crippen LogP contribution in [0.4, 0.5) is 5.69 Å². The van der Waals surface area contributed by atoms with E-state index in [-0.39, 0.29) is 18.0 Å². The number of anilines is 1. The summed E-state index contributed by atoms with van der Waals surface area (Å²) in [6, 6.07) is 5.28. The van der Waals surface area contributed by atoms with E-state index >= 15 is 0 Å². The van der Waals surface area contributed by atoms with Crippen LogP contribution >= 0.6 is 0 Å². The quantitative estimate of drug-likeness (QED) is 0.875. The highest BCUT2D eigenvalue weighted by atomic mass is 16.2. The summed E-state index contributed by atoms with van der Waals surface area (Å²) in [5, 5.41) is 6.30. The summed E-state index contributed by atoms with van der Waals surface area (Å²) in [4.78, 5) is 28.7. The van der Waals surface area contributed by atoms with Crippen molar-refractivity contribution in [2.45, 2.75) is 26.3 Å². The standard InChI is InChI=1S/C15H18N4O2/c1-2-16-9-14(20)17-10-5-6-12-11(8-10)15(21)19-7-3-4-13(19)18-12/h5-6,8,16H,2-4,7,9H2,1H3,(H,17,20). The fraction of sp³-hybridized carbons (Fsp3) is 0.400. The zero-order valence-electron chi connectivity index (χ0n) is 12.0. The second-order valence-corrected chi connectivity index (χ2v) is 5.15. The third-order valence-electron chi connectivity index (χ3n) is 3.63. The number of hydrogen-bond acceptors (Lipinski definition) is 4. The van der Waals surface area contributed by atoms with Gasteiger partial charge in [-0.15, -0.1) is 0 Å². The molecule has 0 saturated heterocycles. The lowest BCUT2D eigenvalue weighted by Gasteiger charge is -2.08. The number of carbonyl (C=O) groups is 1. The van der Waals surface area contributed by atoms with Gasteiger partial charge in [0.1, 0.15) is 5.82 Å². The lowest BCUT2D eigenvalue weighted by atomic mass is 10.2. The number of nitrogens with zero attached hydrogens (tertiary/aromatic N) is 2. The summed E-state index contributed by atoms with van der Waals surface area (Å²) >= 11 is 0. The van der Waals surface area contributed by atoms with E-state index < -0.39 is 0 Å². The maximum atomic E-state index is 12.4. The highest BCUT2D eigenvalue weighted by molar-refractivity contribution is 5.94. The van der Waals surface area contributed by atoms with Crippen molar-refractivity contribution in [1.82, 2.24) is 14.9 Å². The van der Waals surface area contributed by atoms with Gasteiger partial charge in [-0.1, -0.05) is 6.92 Å². The number of fused-ring (bicyclic) bond motifs is 2. The van der Waals surface area contributed by atoms with Crippen molar-refractivity contribution in [1.29, 1.82) is 0 Å². The topological polar surface area (TPSA) is 76.0 Å². The maximum absolute atomic E-state index is 12.4. The molecule has 1 amide bonds. The fourth-order valence-corrected chi connectivity index (χ4v) is 2.61. The van der Waals surface area contributed by atoms with E-state index in [0.717, 1.165) is 31.8 Å². The number of amides is 1. The Labute approximate surface area is 122 Å². The number of aryl methyl sites for hydroxylation is 1. The third kappa shape index (κ3) is 2.67. The van der Waals surface area contributed by atoms with Crippen molar-refractivity contribution in [3.8, 4) is 0 Å². The Balaban J connectivity index is 1.93. The first-order chi connectivity index (χ1) is 10.2. The Bertz CT molecular complexity index is 751. The predicted molar refractivity (Wildman–Crippen MR) is 81.5 cm³/mol. The van der Waals surface area contributed by atoms with Crippen LogP contribution in [0.15, 0.2) is 23.0 Å². The van der Waals surface area contributed by atoms with Crippen LogP contribution in [0.25, 0.3) is 10.9 Å². The molecule has 6 heteroatoms.